The number of amides is 1. The number of aromatic nitrogens is 3. The highest BCUT2D eigenvalue weighted by molar-refractivity contribution is 5.98. The van der Waals surface area contributed by atoms with Crippen LogP contribution in [0.1, 0.15) is 28.7 Å². The van der Waals surface area contributed by atoms with Gasteiger partial charge in [-0.2, -0.15) is 5.10 Å². The summed E-state index contributed by atoms with van der Waals surface area (Å²) in [5, 5.41) is 7.53. The number of anilines is 1. The molecular formula is C19H27N5O2. The first-order chi connectivity index (χ1) is 12.5. The minimum Gasteiger partial charge on any atom is -0.378 e. The molecule has 1 aliphatic heterocycles. The minimum absolute atomic E-state index is 0.0835. The molecule has 140 valence electrons. The summed E-state index contributed by atoms with van der Waals surface area (Å²) in [5.74, 6) is 0.930. The Morgan fingerprint density at radius 1 is 1.35 bits per heavy atom. The lowest BCUT2D eigenvalue weighted by molar-refractivity contribution is 0.0944. The van der Waals surface area contributed by atoms with Crippen molar-refractivity contribution in [1.82, 2.24) is 20.1 Å². The molecule has 7 nitrogen and oxygen atoms in total. The van der Waals surface area contributed by atoms with E-state index in [4.69, 9.17) is 4.74 Å². The lowest BCUT2D eigenvalue weighted by Gasteiger charge is -2.29. The highest BCUT2D eigenvalue weighted by Crippen LogP contribution is 2.18. The van der Waals surface area contributed by atoms with E-state index in [0.29, 0.717) is 25.3 Å². The van der Waals surface area contributed by atoms with Crippen LogP contribution in [0.5, 0.6) is 0 Å². The Morgan fingerprint density at radius 2 is 2.12 bits per heavy atom. The maximum absolute atomic E-state index is 12.7. The first-order valence-electron chi connectivity index (χ1n) is 9.11. The monoisotopic (exact) mass is 357 g/mol. The fraction of sp³-hybridized carbons (Fsp3) is 0.526. The molecule has 0 bridgehead atoms. The normalized spacial score (nSPS) is 15.7. The Labute approximate surface area is 154 Å². The number of rotatable bonds is 6. The molecule has 0 aromatic carbocycles. The third-order valence-corrected chi connectivity index (χ3v) is 4.54. The zero-order valence-electron chi connectivity index (χ0n) is 15.7. The van der Waals surface area contributed by atoms with Crippen molar-refractivity contribution >= 4 is 11.7 Å². The second kappa shape index (κ2) is 8.31. The summed E-state index contributed by atoms with van der Waals surface area (Å²) in [4.78, 5) is 19.2. The van der Waals surface area contributed by atoms with Gasteiger partial charge in [0.15, 0.2) is 0 Å². The number of pyridine rings is 1. The van der Waals surface area contributed by atoms with Crippen LogP contribution in [0.4, 0.5) is 5.82 Å². The van der Waals surface area contributed by atoms with E-state index in [1.54, 1.807) is 12.3 Å². The molecule has 1 atom stereocenters. The van der Waals surface area contributed by atoms with Crippen LogP contribution in [0.3, 0.4) is 0 Å². The van der Waals surface area contributed by atoms with Crippen molar-refractivity contribution in [2.45, 2.75) is 27.3 Å². The van der Waals surface area contributed by atoms with Gasteiger partial charge in [0.2, 0.25) is 0 Å². The van der Waals surface area contributed by atoms with Gasteiger partial charge in [-0.3, -0.25) is 9.48 Å². The van der Waals surface area contributed by atoms with Gasteiger partial charge < -0.3 is 15.0 Å². The van der Waals surface area contributed by atoms with E-state index in [1.807, 2.05) is 17.7 Å². The Bertz CT molecular complexity index is 752. The first-order valence-corrected chi connectivity index (χ1v) is 9.11. The van der Waals surface area contributed by atoms with Gasteiger partial charge in [-0.25, -0.2) is 4.98 Å². The summed E-state index contributed by atoms with van der Waals surface area (Å²) in [6, 6.07) is 5.70. The molecule has 0 spiro atoms. The molecule has 1 unspecified atom stereocenters. The summed E-state index contributed by atoms with van der Waals surface area (Å²) in [7, 11) is 0. The lowest BCUT2D eigenvalue weighted by Crippen LogP contribution is -2.39. The number of aryl methyl sites for hydroxylation is 2. The Balaban J connectivity index is 1.60. The molecular weight excluding hydrogens is 330 g/mol. The van der Waals surface area contributed by atoms with Crippen LogP contribution in [0.15, 0.2) is 24.4 Å². The van der Waals surface area contributed by atoms with E-state index >= 15 is 0 Å². The van der Waals surface area contributed by atoms with Crippen molar-refractivity contribution in [3.63, 3.8) is 0 Å². The van der Waals surface area contributed by atoms with Crippen molar-refractivity contribution in [3.05, 3.63) is 41.3 Å². The number of carbonyl (C=O) groups is 1. The molecule has 7 heteroatoms. The van der Waals surface area contributed by atoms with Crippen LogP contribution >= 0.6 is 0 Å². The average molecular weight is 357 g/mol. The molecule has 26 heavy (non-hydrogen) atoms. The van der Waals surface area contributed by atoms with Crippen molar-refractivity contribution in [2.75, 3.05) is 37.7 Å². The lowest BCUT2D eigenvalue weighted by atomic mass is 10.1. The third kappa shape index (κ3) is 4.40. The van der Waals surface area contributed by atoms with Crippen LogP contribution in [-0.4, -0.2) is 53.5 Å². The highest BCUT2D eigenvalue weighted by Gasteiger charge is 2.20. The third-order valence-electron chi connectivity index (χ3n) is 4.54. The molecule has 2 aromatic heterocycles. The predicted molar refractivity (Wildman–Crippen MR) is 100 cm³/mol. The first kappa shape index (κ1) is 18.4. The minimum atomic E-state index is -0.0835. The second-order valence-electron chi connectivity index (χ2n) is 6.90. The maximum atomic E-state index is 12.7. The number of hydrogen-bond donors (Lipinski definition) is 1. The zero-order valence-corrected chi connectivity index (χ0v) is 15.7. The fourth-order valence-corrected chi connectivity index (χ4v) is 3.18. The van der Waals surface area contributed by atoms with E-state index in [-0.39, 0.29) is 11.8 Å². The molecule has 3 rings (SSSR count). The van der Waals surface area contributed by atoms with Crippen molar-refractivity contribution in [2.24, 2.45) is 5.92 Å². The fourth-order valence-electron chi connectivity index (χ4n) is 3.18. The summed E-state index contributed by atoms with van der Waals surface area (Å²) < 4.78 is 7.39. The predicted octanol–water partition coefficient (Wildman–Crippen LogP) is 1.80. The molecule has 0 aliphatic carbocycles. The highest BCUT2D eigenvalue weighted by atomic mass is 16.5. The average Bonchev–Trinajstić information content (AvgIpc) is 2.97. The number of carbonyl (C=O) groups excluding carboxylic acids is 1. The van der Waals surface area contributed by atoms with Gasteiger partial charge in [0.1, 0.15) is 5.82 Å². The van der Waals surface area contributed by atoms with Gasteiger partial charge in [0.25, 0.3) is 5.91 Å². The number of hydrogen-bond acceptors (Lipinski definition) is 5. The summed E-state index contributed by atoms with van der Waals surface area (Å²) in [6.07, 6.45) is 1.73. The number of nitrogens with one attached hydrogen (secondary N) is 1. The van der Waals surface area contributed by atoms with Gasteiger partial charge in [-0.15, -0.1) is 0 Å². The van der Waals surface area contributed by atoms with E-state index in [0.717, 1.165) is 36.8 Å². The van der Waals surface area contributed by atoms with Crippen LogP contribution in [-0.2, 0) is 11.3 Å². The Kier molecular flexibility index (Phi) is 5.88. The van der Waals surface area contributed by atoms with E-state index in [1.165, 1.54) is 0 Å². The van der Waals surface area contributed by atoms with Crippen molar-refractivity contribution in [1.29, 1.82) is 0 Å². The number of ether oxygens (including phenoxy) is 1. The molecule has 2 aromatic rings. The van der Waals surface area contributed by atoms with E-state index < -0.39 is 0 Å². The molecule has 1 N–H and O–H groups in total. The number of morpholine rings is 1. The smallest absolute Gasteiger partial charge is 0.255 e. The van der Waals surface area contributed by atoms with Crippen LogP contribution in [0.2, 0.25) is 0 Å². The van der Waals surface area contributed by atoms with Crippen molar-refractivity contribution < 1.29 is 9.53 Å². The van der Waals surface area contributed by atoms with E-state index in [2.05, 4.69) is 40.2 Å². The quantitative estimate of drug-likeness (QED) is 0.853. The largest absolute Gasteiger partial charge is 0.378 e. The maximum Gasteiger partial charge on any atom is 0.255 e. The van der Waals surface area contributed by atoms with Gasteiger partial charge >= 0.3 is 0 Å². The SMILES string of the molecule is Cc1cc(C)n(CC(C)CNC(=O)c2cccnc2N2CCOCC2)n1. The van der Waals surface area contributed by atoms with Gasteiger partial charge in [-0.05, 0) is 38.0 Å². The van der Waals surface area contributed by atoms with Crippen LogP contribution in [0.25, 0.3) is 0 Å². The molecule has 1 saturated heterocycles. The Morgan fingerprint density at radius 3 is 2.81 bits per heavy atom. The second-order valence-corrected chi connectivity index (χ2v) is 6.90. The van der Waals surface area contributed by atoms with Crippen molar-refractivity contribution in [3.8, 4) is 0 Å². The summed E-state index contributed by atoms with van der Waals surface area (Å²) in [5.41, 5.74) is 2.78. The molecule has 1 fully saturated rings. The molecule has 1 amide bonds. The van der Waals surface area contributed by atoms with Gasteiger partial charge in [0.05, 0.1) is 24.5 Å². The molecule has 3 heterocycles. The molecule has 0 radical (unpaired) electrons. The van der Waals surface area contributed by atoms with E-state index in [9.17, 15) is 4.79 Å². The topological polar surface area (TPSA) is 72.3 Å². The van der Waals surface area contributed by atoms with Gasteiger partial charge in [0, 0.05) is 38.1 Å². The molecule has 1 aliphatic rings. The zero-order chi connectivity index (χ0) is 18.5. The molecule has 0 saturated carbocycles. The van der Waals surface area contributed by atoms with Gasteiger partial charge in [-0.1, -0.05) is 6.92 Å². The summed E-state index contributed by atoms with van der Waals surface area (Å²) in [6.45, 7) is 10.4. The Hall–Kier alpha value is -2.41. The van der Waals surface area contributed by atoms with Crippen LogP contribution in [0, 0.1) is 19.8 Å². The van der Waals surface area contributed by atoms with Crippen LogP contribution < -0.4 is 10.2 Å². The summed E-state index contributed by atoms with van der Waals surface area (Å²) >= 11 is 0. The standard InChI is InChI=1S/C19H27N5O2/c1-14(13-24-16(3)11-15(2)22-24)12-21-19(25)17-5-4-6-20-18(17)23-7-9-26-10-8-23/h4-6,11,14H,7-10,12-13H2,1-3H3,(H,21,25). The number of nitrogens with zero attached hydrogens (tertiary/aromatic N) is 4.